The van der Waals surface area contributed by atoms with Crippen LogP contribution in [0.15, 0.2) is 24.3 Å². The molecule has 82 valence electrons. The zero-order chi connectivity index (χ0) is 11.1. The van der Waals surface area contributed by atoms with Gasteiger partial charge in [0.05, 0.1) is 13.2 Å². The Hall–Kier alpha value is -1.55. The van der Waals surface area contributed by atoms with Crippen LogP contribution in [0.2, 0.25) is 0 Å². The van der Waals surface area contributed by atoms with Gasteiger partial charge in [0.15, 0.2) is 0 Å². The van der Waals surface area contributed by atoms with E-state index in [9.17, 15) is 4.79 Å². The lowest BCUT2D eigenvalue weighted by atomic mass is 10.3. The second-order valence-electron chi connectivity index (χ2n) is 3.13. The molecule has 0 aromatic heterocycles. The van der Waals surface area contributed by atoms with E-state index < -0.39 is 0 Å². The monoisotopic (exact) mass is 208 g/mol. The van der Waals surface area contributed by atoms with Crippen molar-refractivity contribution in [2.45, 2.75) is 13.3 Å². The van der Waals surface area contributed by atoms with Gasteiger partial charge in [0.25, 0.3) is 0 Å². The van der Waals surface area contributed by atoms with Crippen LogP contribution in [-0.4, -0.2) is 19.1 Å². The van der Waals surface area contributed by atoms with Crippen LogP contribution < -0.4 is 15.8 Å². The van der Waals surface area contributed by atoms with E-state index in [1.54, 1.807) is 12.1 Å². The second kappa shape index (κ2) is 6.03. The number of rotatable bonds is 5. The van der Waals surface area contributed by atoms with Gasteiger partial charge >= 0.3 is 0 Å². The van der Waals surface area contributed by atoms with E-state index in [0.717, 1.165) is 17.9 Å². The summed E-state index contributed by atoms with van der Waals surface area (Å²) in [5.41, 5.74) is 5.91. The number of nitrogens with one attached hydrogen (secondary N) is 1. The third-order valence-electron chi connectivity index (χ3n) is 1.80. The topological polar surface area (TPSA) is 64.3 Å². The summed E-state index contributed by atoms with van der Waals surface area (Å²) in [5, 5.41) is 2.66. The molecule has 0 heterocycles. The van der Waals surface area contributed by atoms with E-state index in [1.165, 1.54) is 0 Å². The number of hydrogen-bond donors (Lipinski definition) is 2. The number of benzene rings is 1. The highest BCUT2D eigenvalue weighted by atomic mass is 16.5. The maximum absolute atomic E-state index is 11.0. The van der Waals surface area contributed by atoms with Gasteiger partial charge in [-0.25, -0.2) is 0 Å². The lowest BCUT2D eigenvalue weighted by Gasteiger charge is -2.06. The second-order valence-corrected chi connectivity index (χ2v) is 3.13. The number of amides is 1. The molecule has 1 rings (SSSR count). The molecule has 4 nitrogen and oxygen atoms in total. The molecule has 4 heteroatoms. The van der Waals surface area contributed by atoms with Crippen molar-refractivity contribution in [3.05, 3.63) is 24.3 Å². The Morgan fingerprint density at radius 2 is 2.07 bits per heavy atom. The van der Waals surface area contributed by atoms with Gasteiger partial charge in [-0.1, -0.05) is 6.92 Å². The van der Waals surface area contributed by atoms with Crippen LogP contribution in [-0.2, 0) is 4.79 Å². The Kier molecular flexibility index (Phi) is 4.63. The third kappa shape index (κ3) is 3.99. The van der Waals surface area contributed by atoms with E-state index in [1.807, 2.05) is 12.1 Å². The quantitative estimate of drug-likeness (QED) is 0.768. The van der Waals surface area contributed by atoms with Crippen LogP contribution in [0.1, 0.15) is 13.3 Å². The van der Waals surface area contributed by atoms with Gasteiger partial charge in [0, 0.05) is 5.69 Å². The summed E-state index contributed by atoms with van der Waals surface area (Å²) in [6.07, 6.45) is 0.978. The van der Waals surface area contributed by atoms with Crippen LogP contribution >= 0.6 is 0 Å². The fraction of sp³-hybridized carbons (Fsp3) is 0.364. The van der Waals surface area contributed by atoms with Gasteiger partial charge in [0.1, 0.15) is 5.75 Å². The molecular formula is C11H16N2O2. The Morgan fingerprint density at radius 3 is 2.60 bits per heavy atom. The average Bonchev–Trinajstić information content (AvgIpc) is 2.28. The number of carbonyl (C=O) groups excluding carboxylic acids is 1. The highest BCUT2D eigenvalue weighted by Crippen LogP contribution is 2.15. The molecule has 0 radical (unpaired) electrons. The number of ether oxygens (including phenoxy) is 1. The van der Waals surface area contributed by atoms with Crippen LogP contribution in [0.5, 0.6) is 5.75 Å². The van der Waals surface area contributed by atoms with Gasteiger partial charge in [-0.2, -0.15) is 0 Å². The predicted molar refractivity (Wildman–Crippen MR) is 59.9 cm³/mol. The van der Waals surface area contributed by atoms with E-state index in [0.29, 0.717) is 6.61 Å². The number of anilines is 1. The van der Waals surface area contributed by atoms with Crippen LogP contribution in [0.3, 0.4) is 0 Å². The molecule has 0 aliphatic rings. The van der Waals surface area contributed by atoms with Crippen LogP contribution in [0.4, 0.5) is 5.69 Å². The van der Waals surface area contributed by atoms with Gasteiger partial charge in [-0.15, -0.1) is 0 Å². The zero-order valence-corrected chi connectivity index (χ0v) is 8.82. The van der Waals surface area contributed by atoms with Crippen molar-refractivity contribution in [3.8, 4) is 5.75 Å². The summed E-state index contributed by atoms with van der Waals surface area (Å²) >= 11 is 0. The Morgan fingerprint density at radius 1 is 1.40 bits per heavy atom. The SMILES string of the molecule is CCCOc1ccc(NC(=O)CN)cc1. The lowest BCUT2D eigenvalue weighted by molar-refractivity contribution is -0.114. The van der Waals surface area contributed by atoms with E-state index >= 15 is 0 Å². The summed E-state index contributed by atoms with van der Waals surface area (Å²) in [7, 11) is 0. The minimum absolute atomic E-state index is 0.00587. The molecule has 0 atom stereocenters. The maximum atomic E-state index is 11.0. The van der Waals surface area contributed by atoms with Crippen molar-refractivity contribution in [2.75, 3.05) is 18.5 Å². The molecule has 0 aliphatic carbocycles. The Bertz CT molecular complexity index is 309. The average molecular weight is 208 g/mol. The highest BCUT2D eigenvalue weighted by molar-refractivity contribution is 5.92. The summed E-state index contributed by atoms with van der Waals surface area (Å²) < 4.78 is 5.40. The summed E-state index contributed by atoms with van der Waals surface area (Å²) in [6.45, 7) is 2.75. The largest absolute Gasteiger partial charge is 0.494 e. The van der Waals surface area contributed by atoms with Gasteiger partial charge in [-0.3, -0.25) is 4.79 Å². The first kappa shape index (κ1) is 11.5. The highest BCUT2D eigenvalue weighted by Gasteiger charge is 1.99. The molecule has 0 saturated carbocycles. The number of hydrogen-bond acceptors (Lipinski definition) is 3. The summed E-state index contributed by atoms with van der Waals surface area (Å²) in [6, 6.07) is 7.22. The van der Waals surface area contributed by atoms with E-state index in [2.05, 4.69) is 12.2 Å². The fourth-order valence-corrected chi connectivity index (χ4v) is 1.07. The molecule has 1 aromatic rings. The summed E-state index contributed by atoms with van der Waals surface area (Å²) in [5.74, 6) is 0.611. The minimum Gasteiger partial charge on any atom is -0.494 e. The molecule has 0 fully saturated rings. The van der Waals surface area contributed by atoms with Crippen molar-refractivity contribution in [3.63, 3.8) is 0 Å². The maximum Gasteiger partial charge on any atom is 0.238 e. The zero-order valence-electron chi connectivity index (χ0n) is 8.82. The molecule has 0 aliphatic heterocycles. The van der Waals surface area contributed by atoms with Crippen LogP contribution in [0.25, 0.3) is 0 Å². The van der Waals surface area contributed by atoms with E-state index in [4.69, 9.17) is 10.5 Å². The molecule has 1 aromatic carbocycles. The first-order chi connectivity index (χ1) is 7.26. The van der Waals surface area contributed by atoms with Gasteiger partial charge in [0.2, 0.25) is 5.91 Å². The van der Waals surface area contributed by atoms with E-state index in [-0.39, 0.29) is 12.5 Å². The molecule has 0 saturated heterocycles. The molecular weight excluding hydrogens is 192 g/mol. The van der Waals surface area contributed by atoms with Crippen molar-refractivity contribution in [1.29, 1.82) is 0 Å². The van der Waals surface area contributed by atoms with Gasteiger partial charge in [-0.05, 0) is 30.7 Å². The lowest BCUT2D eigenvalue weighted by Crippen LogP contribution is -2.21. The summed E-state index contributed by atoms with van der Waals surface area (Å²) in [4.78, 5) is 11.0. The third-order valence-corrected chi connectivity index (χ3v) is 1.80. The molecule has 0 bridgehead atoms. The molecule has 3 N–H and O–H groups in total. The van der Waals surface area contributed by atoms with Crippen molar-refractivity contribution < 1.29 is 9.53 Å². The molecule has 0 spiro atoms. The number of carbonyl (C=O) groups is 1. The smallest absolute Gasteiger partial charge is 0.238 e. The van der Waals surface area contributed by atoms with Crippen molar-refractivity contribution in [2.24, 2.45) is 5.73 Å². The minimum atomic E-state index is -0.197. The fourth-order valence-electron chi connectivity index (χ4n) is 1.07. The first-order valence-corrected chi connectivity index (χ1v) is 4.99. The Balaban J connectivity index is 2.52. The normalized spacial score (nSPS) is 9.73. The standard InChI is InChI=1S/C11H16N2O2/c1-2-7-15-10-5-3-9(4-6-10)13-11(14)8-12/h3-6H,2,7-8,12H2,1H3,(H,13,14). The molecule has 15 heavy (non-hydrogen) atoms. The first-order valence-electron chi connectivity index (χ1n) is 4.99. The predicted octanol–water partition coefficient (Wildman–Crippen LogP) is 1.37. The van der Waals surface area contributed by atoms with Crippen LogP contribution in [0, 0.1) is 0 Å². The molecule has 0 unspecified atom stereocenters. The number of nitrogens with two attached hydrogens (primary N) is 1. The Labute approximate surface area is 89.4 Å². The molecule has 1 amide bonds. The van der Waals surface area contributed by atoms with Crippen molar-refractivity contribution in [1.82, 2.24) is 0 Å². The van der Waals surface area contributed by atoms with Gasteiger partial charge < -0.3 is 15.8 Å². The van der Waals surface area contributed by atoms with Crippen molar-refractivity contribution >= 4 is 11.6 Å².